The summed E-state index contributed by atoms with van der Waals surface area (Å²) >= 11 is 0. The number of para-hydroxylation sites is 7. The fourth-order valence-corrected chi connectivity index (χ4v) is 15.2. The molecule has 0 saturated heterocycles. The molecule has 0 fully saturated rings. The Labute approximate surface area is 534 Å². The molecule has 0 atom stereocenters. The quantitative estimate of drug-likeness (QED) is 0.149. The molecule has 1 spiro atoms. The van der Waals surface area contributed by atoms with Gasteiger partial charge in [0.15, 0.2) is 11.2 Å². The SMILES string of the molecule is [C-]#[N+]c1cccc2c1oc1c(N(c3ccc(C(C)(C)C)cc3)c3cc4c(c5ccccc35)-c3c(cc(N(c5ccc(C(C)(C)C)cc5)c5cccc6c5oc5c([N+]#[C-])cccc56)c5ccccc35)C43c4ccccc4N(c4ccccc4)c4ccccc43)cccc12. The lowest BCUT2D eigenvalue weighted by Gasteiger charge is -2.45. The number of hydrogen-bond acceptors (Lipinski definition) is 5. The monoisotopic (exact) mass is 1180 g/mol. The number of fused-ring (bicyclic) bond motifs is 19. The summed E-state index contributed by atoms with van der Waals surface area (Å²) in [4.78, 5) is 15.2. The van der Waals surface area contributed by atoms with E-state index in [0.717, 1.165) is 117 Å². The van der Waals surface area contributed by atoms with Gasteiger partial charge in [0.05, 0.1) is 52.7 Å². The van der Waals surface area contributed by atoms with E-state index in [0.29, 0.717) is 33.7 Å². The van der Waals surface area contributed by atoms with Gasteiger partial charge < -0.3 is 23.5 Å². The van der Waals surface area contributed by atoms with Gasteiger partial charge in [-0.05, 0) is 139 Å². The molecule has 7 nitrogen and oxygen atoms in total. The molecule has 2 aromatic heterocycles. The van der Waals surface area contributed by atoms with Gasteiger partial charge in [-0.3, -0.25) is 0 Å². The molecule has 0 radical (unpaired) electrons. The first-order valence-corrected chi connectivity index (χ1v) is 31.5. The lowest BCUT2D eigenvalue weighted by atomic mass is 9.64. The highest BCUT2D eigenvalue weighted by atomic mass is 16.3. The van der Waals surface area contributed by atoms with E-state index in [2.05, 4.69) is 303 Å². The number of hydrogen-bond donors (Lipinski definition) is 0. The summed E-state index contributed by atoms with van der Waals surface area (Å²) < 4.78 is 14.1. The Kier molecular flexibility index (Phi) is 12.0. The fourth-order valence-electron chi connectivity index (χ4n) is 15.2. The zero-order valence-corrected chi connectivity index (χ0v) is 51.9. The van der Waals surface area contributed by atoms with Gasteiger partial charge in [-0.25, -0.2) is 9.69 Å². The second-order valence-corrected chi connectivity index (χ2v) is 26.5. The third-order valence-corrected chi connectivity index (χ3v) is 19.4. The Morgan fingerprint density at radius 2 is 0.696 bits per heavy atom. The third-order valence-electron chi connectivity index (χ3n) is 19.4. The normalized spacial score (nSPS) is 13.2. The van der Waals surface area contributed by atoms with Crippen LogP contribution in [-0.4, -0.2) is 0 Å². The van der Waals surface area contributed by atoms with Crippen molar-refractivity contribution in [1.29, 1.82) is 0 Å². The standard InChI is InChI=1S/C85H61N5O2/c1-83(2,3)52-42-46-55(47-43-52)89(73-40-22-32-63-61-30-20-36-69(86-7)79(61)91-81(63)73)75-50-67-77(59-28-14-12-26-57(59)75)78-60-29-15-13-27-58(60)76(51-68(78)85(67)65-34-16-18-38-71(65)88(54-24-10-9-11-25-54)72-39-19-17-35-66(72)85)90(56-48-44-53(45-49-56)84(4,5)6)74-41-23-33-64-62-31-21-37-70(87-8)80(62)92-82(64)74/h9-51H,1-6H3. The molecule has 7 heteroatoms. The molecule has 0 N–H and O–H groups in total. The van der Waals surface area contributed by atoms with Crippen molar-refractivity contribution in [3.05, 3.63) is 317 Å². The van der Waals surface area contributed by atoms with Crippen molar-refractivity contribution in [3.63, 3.8) is 0 Å². The number of benzene rings is 13. The van der Waals surface area contributed by atoms with E-state index in [1.54, 1.807) is 0 Å². The summed E-state index contributed by atoms with van der Waals surface area (Å²) in [5.41, 5.74) is 20.5. The largest absolute Gasteiger partial charge is 0.465 e. The van der Waals surface area contributed by atoms with Gasteiger partial charge in [0.25, 0.3) is 0 Å². The van der Waals surface area contributed by atoms with Crippen LogP contribution in [0.15, 0.2) is 270 Å². The highest BCUT2D eigenvalue weighted by molar-refractivity contribution is 6.21. The van der Waals surface area contributed by atoms with Crippen LogP contribution in [0.2, 0.25) is 0 Å². The smallest absolute Gasteiger partial charge is 0.229 e. The summed E-state index contributed by atoms with van der Waals surface area (Å²) in [6, 6.07) is 94.5. The summed E-state index contributed by atoms with van der Waals surface area (Å²) in [5.74, 6) is 0. The van der Waals surface area contributed by atoms with Crippen molar-refractivity contribution in [3.8, 4) is 11.1 Å². The second-order valence-electron chi connectivity index (χ2n) is 26.5. The summed E-state index contributed by atoms with van der Waals surface area (Å²) in [6.45, 7) is 30.1. The number of nitrogens with zero attached hydrogens (tertiary/aromatic N) is 5. The minimum Gasteiger partial charge on any atom is -0.465 e. The van der Waals surface area contributed by atoms with Crippen molar-refractivity contribution in [2.45, 2.75) is 57.8 Å². The Morgan fingerprint density at radius 3 is 1.11 bits per heavy atom. The van der Waals surface area contributed by atoms with Crippen LogP contribution in [0.5, 0.6) is 0 Å². The van der Waals surface area contributed by atoms with E-state index in [9.17, 15) is 0 Å². The molecule has 92 heavy (non-hydrogen) atoms. The molecular formula is C85H61N5O2. The molecule has 13 aromatic carbocycles. The molecule has 2 aliphatic rings. The van der Waals surface area contributed by atoms with Crippen LogP contribution < -0.4 is 14.7 Å². The molecule has 438 valence electrons. The Morgan fingerprint density at radius 1 is 0.337 bits per heavy atom. The molecule has 0 unspecified atom stereocenters. The van der Waals surface area contributed by atoms with Gasteiger partial charge in [-0.15, -0.1) is 0 Å². The van der Waals surface area contributed by atoms with Gasteiger partial charge >= 0.3 is 0 Å². The molecule has 17 rings (SSSR count). The maximum atomic E-state index is 8.26. The topological polar surface area (TPSA) is 44.7 Å². The van der Waals surface area contributed by atoms with Crippen LogP contribution in [-0.2, 0) is 16.2 Å². The molecule has 3 heterocycles. The lowest BCUT2D eigenvalue weighted by molar-refractivity contribution is 0.590. The van der Waals surface area contributed by atoms with E-state index < -0.39 is 5.41 Å². The first kappa shape index (κ1) is 54.5. The van der Waals surface area contributed by atoms with Crippen molar-refractivity contribution in [2.75, 3.05) is 14.7 Å². The zero-order valence-electron chi connectivity index (χ0n) is 51.9. The molecule has 1 aliphatic heterocycles. The minimum absolute atomic E-state index is 0.0975. The maximum absolute atomic E-state index is 8.26. The van der Waals surface area contributed by atoms with Gasteiger partial charge in [-0.1, -0.05) is 230 Å². The van der Waals surface area contributed by atoms with Gasteiger partial charge in [0, 0.05) is 49.4 Å². The molecule has 0 bridgehead atoms. The van der Waals surface area contributed by atoms with Crippen LogP contribution in [0.4, 0.5) is 62.6 Å². The molecule has 0 amide bonds. The number of anilines is 9. The Balaban J connectivity index is 1.04. The maximum Gasteiger partial charge on any atom is 0.229 e. The van der Waals surface area contributed by atoms with Crippen LogP contribution in [0.1, 0.15) is 74.9 Å². The predicted molar refractivity (Wildman–Crippen MR) is 381 cm³/mol. The highest BCUT2D eigenvalue weighted by Crippen LogP contribution is 2.68. The summed E-state index contributed by atoms with van der Waals surface area (Å²) in [7, 11) is 0. The Hall–Kier alpha value is -11.6. The second kappa shape index (κ2) is 20.2. The van der Waals surface area contributed by atoms with Crippen LogP contribution >= 0.6 is 0 Å². The number of furan rings is 2. The van der Waals surface area contributed by atoms with Gasteiger partial charge in [-0.2, -0.15) is 0 Å². The predicted octanol–water partition coefficient (Wildman–Crippen LogP) is 24.6. The van der Waals surface area contributed by atoms with Crippen molar-refractivity contribution < 1.29 is 8.83 Å². The number of rotatable bonds is 7. The highest BCUT2D eigenvalue weighted by Gasteiger charge is 2.54. The first-order chi connectivity index (χ1) is 44.8. The van der Waals surface area contributed by atoms with Crippen LogP contribution in [0.25, 0.3) is 86.2 Å². The first-order valence-electron chi connectivity index (χ1n) is 31.5. The van der Waals surface area contributed by atoms with E-state index in [1.807, 2.05) is 24.3 Å². The van der Waals surface area contributed by atoms with Crippen LogP contribution in [0.3, 0.4) is 0 Å². The minimum atomic E-state index is -0.976. The fraction of sp³-hybridized carbons (Fsp3) is 0.106. The summed E-state index contributed by atoms with van der Waals surface area (Å²) in [5, 5.41) is 8.02. The molecular weight excluding hydrogens is 1120 g/mol. The van der Waals surface area contributed by atoms with E-state index in [1.165, 1.54) is 22.3 Å². The average Bonchev–Trinajstić information content (AvgIpc) is 1.52. The van der Waals surface area contributed by atoms with Gasteiger partial charge in [0.2, 0.25) is 11.4 Å². The molecule has 0 saturated carbocycles. The van der Waals surface area contributed by atoms with Gasteiger partial charge in [0.1, 0.15) is 11.2 Å². The van der Waals surface area contributed by atoms with E-state index in [-0.39, 0.29) is 10.8 Å². The molecule has 15 aromatic rings. The Bertz CT molecular complexity index is 5320. The average molecular weight is 1180 g/mol. The van der Waals surface area contributed by atoms with E-state index >= 15 is 0 Å². The van der Waals surface area contributed by atoms with Crippen LogP contribution in [0, 0.1) is 13.1 Å². The molecule has 1 aliphatic carbocycles. The van der Waals surface area contributed by atoms with Crippen molar-refractivity contribution >= 4 is 128 Å². The zero-order chi connectivity index (χ0) is 62.4. The summed E-state index contributed by atoms with van der Waals surface area (Å²) in [6.07, 6.45) is 0. The lowest BCUT2D eigenvalue weighted by Crippen LogP contribution is -2.36. The van der Waals surface area contributed by atoms with Crippen molar-refractivity contribution in [1.82, 2.24) is 0 Å². The van der Waals surface area contributed by atoms with E-state index in [4.69, 9.17) is 22.0 Å². The van der Waals surface area contributed by atoms with Crippen molar-refractivity contribution in [2.24, 2.45) is 0 Å². The third kappa shape index (κ3) is 7.85.